The third kappa shape index (κ3) is 4.32. The van der Waals surface area contributed by atoms with Gasteiger partial charge in [0.15, 0.2) is 0 Å². The molecule has 0 radical (unpaired) electrons. The number of esters is 1. The van der Waals surface area contributed by atoms with Crippen LogP contribution in [0.15, 0.2) is 29.2 Å². The molecule has 7 heteroatoms. The normalized spacial score (nSPS) is 16.7. The molecule has 2 rings (SSSR count). The molecule has 116 valence electrons. The zero-order valence-electron chi connectivity index (χ0n) is 12.0. The van der Waals surface area contributed by atoms with Gasteiger partial charge in [-0.2, -0.15) is 0 Å². The van der Waals surface area contributed by atoms with Gasteiger partial charge >= 0.3 is 5.97 Å². The average Bonchev–Trinajstić information content (AvgIpc) is 2.66. The lowest BCUT2D eigenvalue weighted by molar-refractivity contribution is -0.149. The lowest BCUT2D eigenvalue weighted by Gasteiger charge is -2.14. The van der Waals surface area contributed by atoms with Crippen molar-refractivity contribution < 1.29 is 14.3 Å². The van der Waals surface area contributed by atoms with E-state index in [1.54, 1.807) is 38.1 Å². The maximum absolute atomic E-state index is 12.3. The fraction of sp³-hybridized carbons (Fsp3) is 0.267. The summed E-state index contributed by atoms with van der Waals surface area (Å²) in [6, 6.07) is 7.15. The van der Waals surface area contributed by atoms with Crippen LogP contribution in [0.25, 0.3) is 6.08 Å². The zero-order valence-corrected chi connectivity index (χ0v) is 14.4. The van der Waals surface area contributed by atoms with Crippen LogP contribution < -0.4 is 0 Å². The van der Waals surface area contributed by atoms with E-state index in [-0.39, 0.29) is 18.6 Å². The highest BCUT2D eigenvalue weighted by molar-refractivity contribution is 8.26. The van der Waals surface area contributed by atoms with Crippen LogP contribution in [-0.4, -0.2) is 33.7 Å². The van der Waals surface area contributed by atoms with E-state index >= 15 is 0 Å². The third-order valence-electron chi connectivity index (χ3n) is 2.67. The number of carbonyl (C=O) groups excluding carboxylic acids is 2. The molecule has 4 nitrogen and oxygen atoms in total. The Morgan fingerprint density at radius 3 is 2.86 bits per heavy atom. The summed E-state index contributed by atoms with van der Waals surface area (Å²) in [5.41, 5.74) is 0.803. The van der Waals surface area contributed by atoms with Crippen LogP contribution in [0.1, 0.15) is 19.4 Å². The van der Waals surface area contributed by atoms with Gasteiger partial charge in [-0.25, -0.2) is 0 Å². The van der Waals surface area contributed by atoms with Crippen LogP contribution in [0, 0.1) is 0 Å². The van der Waals surface area contributed by atoms with Crippen LogP contribution in [0.3, 0.4) is 0 Å². The summed E-state index contributed by atoms with van der Waals surface area (Å²) in [7, 11) is 0. The molecule has 0 atom stereocenters. The minimum atomic E-state index is -0.477. The first-order chi connectivity index (χ1) is 10.4. The summed E-state index contributed by atoms with van der Waals surface area (Å²) >= 11 is 12.2. The van der Waals surface area contributed by atoms with Crippen molar-refractivity contribution in [2.75, 3.05) is 6.54 Å². The van der Waals surface area contributed by atoms with Crippen molar-refractivity contribution in [3.63, 3.8) is 0 Å². The van der Waals surface area contributed by atoms with Gasteiger partial charge in [0.05, 0.1) is 11.0 Å². The van der Waals surface area contributed by atoms with Crippen LogP contribution in [-0.2, 0) is 14.3 Å². The predicted octanol–water partition coefficient (Wildman–Crippen LogP) is 3.49. The van der Waals surface area contributed by atoms with Crippen molar-refractivity contribution in [1.82, 2.24) is 4.90 Å². The number of thiocarbonyl (C=S) groups is 1. The number of carbonyl (C=O) groups is 2. The summed E-state index contributed by atoms with van der Waals surface area (Å²) in [6.45, 7) is 3.33. The van der Waals surface area contributed by atoms with Gasteiger partial charge in [0, 0.05) is 5.02 Å². The second-order valence-corrected chi connectivity index (χ2v) is 6.97. The number of benzene rings is 1. The molecule has 1 amide bonds. The SMILES string of the molecule is CC(C)OC(=O)CN1C(=O)C(=Cc2cccc(Cl)c2)SC1=S. The number of ether oxygens (including phenoxy) is 1. The van der Waals surface area contributed by atoms with Crippen molar-refractivity contribution in [3.8, 4) is 0 Å². The Balaban J connectivity index is 2.13. The van der Waals surface area contributed by atoms with Gasteiger partial charge in [-0.3, -0.25) is 14.5 Å². The van der Waals surface area contributed by atoms with Gasteiger partial charge in [0.25, 0.3) is 5.91 Å². The van der Waals surface area contributed by atoms with Crippen molar-refractivity contribution >= 4 is 57.9 Å². The second kappa shape index (κ2) is 7.26. The minimum absolute atomic E-state index is 0.171. The van der Waals surface area contributed by atoms with Gasteiger partial charge in [-0.1, -0.05) is 47.7 Å². The summed E-state index contributed by atoms with van der Waals surface area (Å²) < 4.78 is 5.39. The van der Waals surface area contributed by atoms with Gasteiger partial charge in [-0.15, -0.1) is 0 Å². The van der Waals surface area contributed by atoms with Crippen molar-refractivity contribution in [2.24, 2.45) is 0 Å². The van der Waals surface area contributed by atoms with Gasteiger partial charge in [0.1, 0.15) is 10.9 Å². The predicted molar refractivity (Wildman–Crippen MR) is 92.6 cm³/mol. The summed E-state index contributed by atoms with van der Waals surface area (Å²) in [6.07, 6.45) is 1.48. The number of rotatable bonds is 4. The molecule has 1 aromatic rings. The molecule has 22 heavy (non-hydrogen) atoms. The highest BCUT2D eigenvalue weighted by Crippen LogP contribution is 2.32. The van der Waals surface area contributed by atoms with E-state index < -0.39 is 5.97 Å². The van der Waals surface area contributed by atoms with Gasteiger partial charge < -0.3 is 4.74 Å². The van der Waals surface area contributed by atoms with E-state index in [9.17, 15) is 9.59 Å². The largest absolute Gasteiger partial charge is 0.462 e. The molecular formula is C15H14ClNO3S2. The Bertz CT molecular complexity index is 658. The number of halogens is 1. The quantitative estimate of drug-likeness (QED) is 0.470. The Kier molecular flexibility index (Phi) is 5.61. The van der Waals surface area contributed by atoms with Crippen LogP contribution >= 0.6 is 35.6 Å². The molecule has 1 heterocycles. The van der Waals surface area contributed by atoms with Gasteiger partial charge in [-0.05, 0) is 37.6 Å². The minimum Gasteiger partial charge on any atom is -0.462 e. The van der Waals surface area contributed by atoms with E-state index in [2.05, 4.69) is 0 Å². The number of thioether (sulfide) groups is 1. The molecule has 0 aromatic heterocycles. The lowest BCUT2D eigenvalue weighted by Crippen LogP contribution is -2.35. The van der Waals surface area contributed by atoms with Crippen molar-refractivity contribution in [1.29, 1.82) is 0 Å². The van der Waals surface area contributed by atoms with E-state index in [4.69, 9.17) is 28.6 Å². The molecule has 0 bridgehead atoms. The molecule has 1 aliphatic rings. The fourth-order valence-electron chi connectivity index (χ4n) is 1.81. The van der Waals surface area contributed by atoms with E-state index in [1.807, 2.05) is 6.07 Å². The highest BCUT2D eigenvalue weighted by atomic mass is 35.5. The van der Waals surface area contributed by atoms with E-state index in [0.717, 1.165) is 17.3 Å². The smallest absolute Gasteiger partial charge is 0.326 e. The third-order valence-corrected chi connectivity index (χ3v) is 4.29. The first kappa shape index (κ1) is 17.0. The molecule has 1 saturated heterocycles. The van der Waals surface area contributed by atoms with Crippen molar-refractivity contribution in [3.05, 3.63) is 39.8 Å². The Labute approximate surface area is 143 Å². The molecule has 0 aliphatic carbocycles. The topological polar surface area (TPSA) is 46.6 Å². The van der Waals surface area contributed by atoms with Crippen LogP contribution in [0.4, 0.5) is 0 Å². The van der Waals surface area contributed by atoms with Crippen LogP contribution in [0.2, 0.25) is 5.02 Å². The average molecular weight is 356 g/mol. The number of amides is 1. The molecule has 0 saturated carbocycles. The lowest BCUT2D eigenvalue weighted by atomic mass is 10.2. The number of hydrogen-bond acceptors (Lipinski definition) is 5. The summed E-state index contributed by atoms with van der Waals surface area (Å²) in [5, 5.41) is 0.588. The van der Waals surface area contributed by atoms with Gasteiger partial charge in [0.2, 0.25) is 0 Å². The number of hydrogen-bond donors (Lipinski definition) is 0. The Hall–Kier alpha value is -1.37. The Morgan fingerprint density at radius 1 is 1.50 bits per heavy atom. The zero-order chi connectivity index (χ0) is 16.3. The first-order valence-electron chi connectivity index (χ1n) is 6.57. The standard InChI is InChI=1S/C15H14ClNO3S2/c1-9(2)20-13(18)8-17-14(19)12(22-15(17)21)7-10-4-3-5-11(16)6-10/h3-7,9H,8H2,1-2H3. The molecule has 0 unspecified atom stereocenters. The maximum atomic E-state index is 12.3. The molecule has 1 aromatic carbocycles. The van der Waals surface area contributed by atoms with Crippen LogP contribution in [0.5, 0.6) is 0 Å². The first-order valence-corrected chi connectivity index (χ1v) is 8.17. The van der Waals surface area contributed by atoms with E-state index in [0.29, 0.717) is 14.2 Å². The number of nitrogens with zero attached hydrogens (tertiary/aromatic N) is 1. The molecule has 1 aliphatic heterocycles. The maximum Gasteiger partial charge on any atom is 0.326 e. The monoisotopic (exact) mass is 355 g/mol. The second-order valence-electron chi connectivity index (χ2n) is 4.86. The van der Waals surface area contributed by atoms with E-state index in [1.165, 1.54) is 4.90 Å². The molecular weight excluding hydrogens is 342 g/mol. The molecule has 0 N–H and O–H groups in total. The molecule has 0 spiro atoms. The molecule has 1 fully saturated rings. The summed E-state index contributed by atoms with van der Waals surface area (Å²) in [4.78, 5) is 25.7. The summed E-state index contributed by atoms with van der Waals surface area (Å²) in [5.74, 6) is -0.772. The Morgan fingerprint density at radius 2 is 2.23 bits per heavy atom. The highest BCUT2D eigenvalue weighted by Gasteiger charge is 2.33. The fourth-order valence-corrected chi connectivity index (χ4v) is 3.27. The van der Waals surface area contributed by atoms with Crippen molar-refractivity contribution in [2.45, 2.75) is 20.0 Å².